The Labute approximate surface area is 142 Å². The van der Waals surface area contributed by atoms with Gasteiger partial charge in [-0.25, -0.2) is 9.18 Å². The highest BCUT2D eigenvalue weighted by Gasteiger charge is 2.50. The van der Waals surface area contributed by atoms with Crippen LogP contribution in [0.5, 0.6) is 0 Å². The molecule has 7 heteroatoms. The molecule has 1 aliphatic rings. The largest absolute Gasteiger partial charge is 0.406 e. The van der Waals surface area contributed by atoms with Crippen molar-refractivity contribution >= 4 is 11.7 Å². The fourth-order valence-electron chi connectivity index (χ4n) is 3.46. The minimum atomic E-state index is -4.57. The van der Waals surface area contributed by atoms with Crippen LogP contribution >= 0.6 is 0 Å². The number of nitrogens with zero attached hydrogens (tertiary/aromatic N) is 1. The van der Waals surface area contributed by atoms with E-state index in [1.54, 1.807) is 31.2 Å². The number of fused-ring (bicyclic) bond motifs is 1. The molecule has 2 aromatic carbocycles. The number of benzene rings is 2. The molecule has 0 radical (unpaired) electrons. The van der Waals surface area contributed by atoms with Crippen molar-refractivity contribution in [2.75, 3.05) is 11.9 Å². The van der Waals surface area contributed by atoms with Gasteiger partial charge in [0.15, 0.2) is 0 Å². The quantitative estimate of drug-likeness (QED) is 0.784. The summed E-state index contributed by atoms with van der Waals surface area (Å²) >= 11 is 0. The van der Waals surface area contributed by atoms with Crippen LogP contribution in [-0.4, -0.2) is 23.7 Å². The molecule has 1 atom stereocenters. The van der Waals surface area contributed by atoms with Gasteiger partial charge in [-0.15, -0.1) is 0 Å². The van der Waals surface area contributed by atoms with Crippen LogP contribution in [-0.2, 0) is 5.54 Å². The van der Waals surface area contributed by atoms with E-state index in [-0.39, 0.29) is 6.42 Å². The molecule has 0 saturated carbocycles. The number of anilines is 1. The maximum absolute atomic E-state index is 13.4. The third kappa shape index (κ3) is 2.94. The van der Waals surface area contributed by atoms with Crippen molar-refractivity contribution in [2.45, 2.75) is 25.1 Å². The van der Waals surface area contributed by atoms with Gasteiger partial charge in [0.1, 0.15) is 12.4 Å². The Kier molecular flexibility index (Phi) is 4.18. The topological polar surface area (TPSA) is 32.3 Å². The van der Waals surface area contributed by atoms with E-state index in [1.807, 2.05) is 0 Å². The summed E-state index contributed by atoms with van der Waals surface area (Å²) in [7, 11) is 0. The van der Waals surface area contributed by atoms with E-state index in [4.69, 9.17) is 0 Å². The second kappa shape index (κ2) is 6.06. The summed E-state index contributed by atoms with van der Waals surface area (Å²) in [6, 6.07) is 11.1. The first kappa shape index (κ1) is 17.3. The van der Waals surface area contributed by atoms with E-state index >= 15 is 0 Å². The number of nitrogens with one attached hydrogen (secondary N) is 1. The Hall–Kier alpha value is -2.57. The lowest BCUT2D eigenvalue weighted by Gasteiger charge is -2.48. The standard InChI is InChI=1S/C18H16F4N2O/c1-2-17(12-7-9-13(19)10-8-12)14-5-3-4-6-15(14)23-16(25)24(17)11-18(20,21)22/h3-10H,2,11H2,1H3,(H,23,25). The van der Waals surface area contributed by atoms with Crippen LogP contribution in [0.15, 0.2) is 48.5 Å². The van der Waals surface area contributed by atoms with Gasteiger partial charge in [-0.05, 0) is 30.2 Å². The Morgan fingerprint density at radius 1 is 1.08 bits per heavy atom. The van der Waals surface area contributed by atoms with Crippen molar-refractivity contribution in [1.29, 1.82) is 0 Å². The summed E-state index contributed by atoms with van der Waals surface area (Å²) in [6.45, 7) is 0.306. The molecule has 0 bridgehead atoms. The van der Waals surface area contributed by atoms with Crippen LogP contribution in [0.25, 0.3) is 0 Å². The zero-order valence-corrected chi connectivity index (χ0v) is 13.4. The predicted octanol–water partition coefficient (Wildman–Crippen LogP) is 4.89. The number of hydrogen-bond acceptors (Lipinski definition) is 1. The zero-order valence-electron chi connectivity index (χ0n) is 13.4. The average Bonchev–Trinajstić information content (AvgIpc) is 2.56. The summed E-state index contributed by atoms with van der Waals surface area (Å²) < 4.78 is 52.9. The van der Waals surface area contributed by atoms with Crippen LogP contribution < -0.4 is 5.32 Å². The summed E-state index contributed by atoms with van der Waals surface area (Å²) in [4.78, 5) is 13.3. The third-order valence-corrected chi connectivity index (χ3v) is 4.49. The van der Waals surface area contributed by atoms with Gasteiger partial charge in [0, 0.05) is 11.3 Å². The van der Waals surface area contributed by atoms with Gasteiger partial charge in [0.05, 0.1) is 5.54 Å². The molecular weight excluding hydrogens is 336 g/mol. The molecule has 25 heavy (non-hydrogen) atoms. The average molecular weight is 352 g/mol. The molecule has 3 nitrogen and oxygen atoms in total. The second-order valence-electron chi connectivity index (χ2n) is 5.90. The molecule has 0 saturated heterocycles. The highest BCUT2D eigenvalue weighted by atomic mass is 19.4. The molecule has 0 spiro atoms. The van der Waals surface area contributed by atoms with E-state index in [0.717, 1.165) is 4.90 Å². The third-order valence-electron chi connectivity index (χ3n) is 4.49. The minimum Gasteiger partial charge on any atom is -0.307 e. The lowest BCUT2D eigenvalue weighted by atomic mass is 9.77. The SMILES string of the molecule is CCC1(c2ccc(F)cc2)c2ccccc2NC(=O)N1CC(F)(F)F. The molecular formula is C18H16F4N2O. The maximum atomic E-state index is 13.4. The van der Waals surface area contributed by atoms with Gasteiger partial charge in [0.2, 0.25) is 0 Å². The number of urea groups is 1. The summed E-state index contributed by atoms with van der Waals surface area (Å²) in [5, 5.41) is 2.52. The maximum Gasteiger partial charge on any atom is 0.406 e. The smallest absolute Gasteiger partial charge is 0.307 e. The normalized spacial score (nSPS) is 20.2. The monoisotopic (exact) mass is 352 g/mol. The van der Waals surface area contributed by atoms with Crippen LogP contribution in [0.2, 0.25) is 0 Å². The fourth-order valence-corrected chi connectivity index (χ4v) is 3.46. The molecule has 2 aromatic rings. The Morgan fingerprint density at radius 2 is 1.72 bits per heavy atom. The number of hydrogen-bond donors (Lipinski definition) is 1. The van der Waals surface area contributed by atoms with E-state index in [0.29, 0.717) is 16.8 Å². The first-order valence-corrected chi connectivity index (χ1v) is 7.79. The lowest BCUT2D eigenvalue weighted by molar-refractivity contribution is -0.148. The van der Waals surface area contributed by atoms with Crippen molar-refractivity contribution in [2.24, 2.45) is 0 Å². The van der Waals surface area contributed by atoms with Crippen molar-refractivity contribution in [3.63, 3.8) is 0 Å². The van der Waals surface area contributed by atoms with Crippen LogP contribution in [0.4, 0.5) is 28.0 Å². The van der Waals surface area contributed by atoms with E-state index in [1.165, 1.54) is 24.3 Å². The lowest BCUT2D eigenvalue weighted by Crippen LogP contribution is -2.57. The fraction of sp³-hybridized carbons (Fsp3) is 0.278. The van der Waals surface area contributed by atoms with E-state index < -0.39 is 30.1 Å². The van der Waals surface area contributed by atoms with Crippen molar-refractivity contribution in [3.05, 3.63) is 65.5 Å². The van der Waals surface area contributed by atoms with E-state index in [2.05, 4.69) is 5.32 Å². The zero-order chi connectivity index (χ0) is 18.2. The molecule has 0 fully saturated rings. The van der Waals surface area contributed by atoms with Crippen LogP contribution in [0.3, 0.4) is 0 Å². The molecule has 1 heterocycles. The molecule has 2 amide bonds. The number of rotatable bonds is 3. The predicted molar refractivity (Wildman–Crippen MR) is 85.7 cm³/mol. The molecule has 132 valence electrons. The number of para-hydroxylation sites is 1. The number of carbonyl (C=O) groups is 1. The van der Waals surface area contributed by atoms with Gasteiger partial charge in [0.25, 0.3) is 0 Å². The minimum absolute atomic E-state index is 0.207. The Balaban J connectivity index is 2.27. The summed E-state index contributed by atoms with van der Waals surface area (Å²) in [5.41, 5.74) is 0.107. The van der Waals surface area contributed by atoms with Gasteiger partial charge in [-0.3, -0.25) is 0 Å². The number of amides is 2. The van der Waals surface area contributed by atoms with Crippen LogP contribution in [0.1, 0.15) is 24.5 Å². The van der Waals surface area contributed by atoms with Crippen molar-refractivity contribution in [3.8, 4) is 0 Å². The van der Waals surface area contributed by atoms with Gasteiger partial charge >= 0.3 is 12.2 Å². The molecule has 3 rings (SSSR count). The number of halogens is 4. The molecule has 1 unspecified atom stereocenters. The second-order valence-corrected chi connectivity index (χ2v) is 5.90. The number of alkyl halides is 3. The molecule has 1 N–H and O–H groups in total. The van der Waals surface area contributed by atoms with Crippen molar-refractivity contribution in [1.82, 2.24) is 4.90 Å². The number of carbonyl (C=O) groups excluding carboxylic acids is 1. The first-order valence-electron chi connectivity index (χ1n) is 7.79. The van der Waals surface area contributed by atoms with Gasteiger partial charge < -0.3 is 10.2 Å². The summed E-state index contributed by atoms with van der Waals surface area (Å²) in [6.07, 6.45) is -4.36. The molecule has 0 aliphatic carbocycles. The van der Waals surface area contributed by atoms with Gasteiger partial charge in [-0.2, -0.15) is 13.2 Å². The van der Waals surface area contributed by atoms with Crippen LogP contribution in [0, 0.1) is 5.82 Å². The highest BCUT2D eigenvalue weighted by Crippen LogP contribution is 2.46. The molecule has 0 aromatic heterocycles. The molecule has 1 aliphatic heterocycles. The van der Waals surface area contributed by atoms with Crippen molar-refractivity contribution < 1.29 is 22.4 Å². The first-order chi connectivity index (χ1) is 11.8. The highest BCUT2D eigenvalue weighted by molar-refractivity contribution is 5.94. The van der Waals surface area contributed by atoms with Gasteiger partial charge in [-0.1, -0.05) is 37.3 Å². The van der Waals surface area contributed by atoms with E-state index in [9.17, 15) is 22.4 Å². The summed E-state index contributed by atoms with van der Waals surface area (Å²) in [5.74, 6) is -0.495. The Morgan fingerprint density at radius 3 is 2.32 bits per heavy atom. The Bertz CT molecular complexity index is 788.